The van der Waals surface area contributed by atoms with Gasteiger partial charge in [0.05, 0.1) is 20.4 Å². The molecule has 1 atom stereocenters. The summed E-state index contributed by atoms with van der Waals surface area (Å²) in [6.45, 7) is 2.43. The zero-order valence-corrected chi connectivity index (χ0v) is 11.6. The van der Waals surface area contributed by atoms with Crippen molar-refractivity contribution in [3.05, 3.63) is 41.5 Å². The number of nitrogens with zero attached hydrogens (tertiary/aromatic N) is 2. The van der Waals surface area contributed by atoms with Gasteiger partial charge in [0.25, 0.3) is 0 Å². The van der Waals surface area contributed by atoms with Gasteiger partial charge in [-0.05, 0) is 19.1 Å². The van der Waals surface area contributed by atoms with Crippen LogP contribution < -0.4 is 9.47 Å². The molecule has 0 saturated carbocycles. The average Bonchev–Trinajstić information content (AvgIpc) is 2.89. The summed E-state index contributed by atoms with van der Waals surface area (Å²) >= 11 is 0. The third-order valence-corrected chi connectivity index (χ3v) is 3.13. The fraction of sp³-hybridized carbons (Fsp3) is 0.357. The molecular weight excluding hydrogens is 263 g/mol. The molecule has 108 valence electrons. The van der Waals surface area contributed by atoms with Crippen molar-refractivity contribution in [1.29, 1.82) is 0 Å². The first kappa shape index (κ1) is 14.3. The third-order valence-electron chi connectivity index (χ3n) is 3.13. The Labute approximate surface area is 116 Å². The molecule has 0 aliphatic carbocycles. The fourth-order valence-electron chi connectivity index (χ4n) is 2.07. The number of aliphatic hydroxyl groups is 1. The van der Waals surface area contributed by atoms with E-state index in [1.54, 1.807) is 10.7 Å². The zero-order chi connectivity index (χ0) is 14.7. The van der Waals surface area contributed by atoms with Crippen molar-refractivity contribution in [3.63, 3.8) is 0 Å². The number of hydrogen-bond acceptors (Lipinski definition) is 4. The van der Waals surface area contributed by atoms with E-state index in [2.05, 4.69) is 5.10 Å². The summed E-state index contributed by atoms with van der Waals surface area (Å²) in [5.74, 6) is 0.284. The Morgan fingerprint density at radius 3 is 2.65 bits per heavy atom. The lowest BCUT2D eigenvalue weighted by Gasteiger charge is -2.15. The number of halogens is 1. The highest BCUT2D eigenvalue weighted by Gasteiger charge is 2.23. The number of ether oxygens (including phenoxy) is 2. The SMILES string of the molecule is CCn1ncc(OC)c1C(O)c1ccc(OC)cc1F. The second-order valence-corrected chi connectivity index (χ2v) is 4.20. The minimum absolute atomic E-state index is 0.152. The first-order chi connectivity index (χ1) is 9.62. The van der Waals surface area contributed by atoms with Gasteiger partial charge in [-0.2, -0.15) is 5.10 Å². The summed E-state index contributed by atoms with van der Waals surface area (Å²) in [6.07, 6.45) is 0.349. The second-order valence-electron chi connectivity index (χ2n) is 4.20. The van der Waals surface area contributed by atoms with Gasteiger partial charge in [-0.3, -0.25) is 4.68 Å². The summed E-state index contributed by atoms with van der Waals surface area (Å²) in [7, 11) is 2.94. The molecule has 6 heteroatoms. The Kier molecular flexibility index (Phi) is 4.24. The first-order valence-electron chi connectivity index (χ1n) is 6.23. The standard InChI is InChI=1S/C14H17FN2O3/c1-4-17-13(12(20-3)8-16-17)14(18)10-6-5-9(19-2)7-11(10)15/h5-8,14,18H,4H2,1-3H3. The summed E-state index contributed by atoms with van der Waals surface area (Å²) < 4.78 is 25.7. The van der Waals surface area contributed by atoms with Crippen LogP contribution in [0.4, 0.5) is 4.39 Å². The maximum absolute atomic E-state index is 14.0. The molecule has 0 saturated heterocycles. The molecule has 0 fully saturated rings. The van der Waals surface area contributed by atoms with Gasteiger partial charge < -0.3 is 14.6 Å². The molecule has 0 bridgehead atoms. The van der Waals surface area contributed by atoms with Gasteiger partial charge in [-0.15, -0.1) is 0 Å². The molecular formula is C14H17FN2O3. The molecule has 0 spiro atoms. The van der Waals surface area contributed by atoms with Crippen molar-refractivity contribution >= 4 is 0 Å². The minimum Gasteiger partial charge on any atom is -0.497 e. The number of rotatable bonds is 5. The number of hydrogen-bond donors (Lipinski definition) is 1. The number of benzene rings is 1. The Balaban J connectivity index is 2.45. The summed E-state index contributed by atoms with van der Waals surface area (Å²) in [5, 5.41) is 14.5. The van der Waals surface area contributed by atoms with Gasteiger partial charge in [-0.1, -0.05) is 0 Å². The van der Waals surface area contributed by atoms with Crippen LogP contribution in [0.15, 0.2) is 24.4 Å². The van der Waals surface area contributed by atoms with Gasteiger partial charge in [0.15, 0.2) is 5.75 Å². The first-order valence-corrected chi connectivity index (χ1v) is 6.23. The second kappa shape index (κ2) is 5.92. The van der Waals surface area contributed by atoms with Crippen LogP contribution in [0.5, 0.6) is 11.5 Å². The Morgan fingerprint density at radius 2 is 2.10 bits per heavy atom. The molecule has 20 heavy (non-hydrogen) atoms. The molecule has 1 aromatic heterocycles. The highest BCUT2D eigenvalue weighted by Crippen LogP contribution is 2.32. The lowest BCUT2D eigenvalue weighted by atomic mass is 10.0. The summed E-state index contributed by atoms with van der Waals surface area (Å²) in [5.41, 5.74) is 0.582. The van der Waals surface area contributed by atoms with E-state index in [0.717, 1.165) is 0 Å². The number of aliphatic hydroxyl groups excluding tert-OH is 1. The van der Waals surface area contributed by atoms with E-state index in [1.807, 2.05) is 6.92 Å². The van der Waals surface area contributed by atoms with E-state index in [0.29, 0.717) is 23.7 Å². The molecule has 1 N–H and O–H groups in total. The number of aryl methyl sites for hydroxylation is 1. The topological polar surface area (TPSA) is 56.5 Å². The average molecular weight is 280 g/mol. The maximum Gasteiger partial charge on any atom is 0.163 e. The molecule has 0 aliphatic rings. The van der Waals surface area contributed by atoms with E-state index in [-0.39, 0.29) is 5.56 Å². The lowest BCUT2D eigenvalue weighted by Crippen LogP contribution is -2.11. The predicted molar refractivity (Wildman–Crippen MR) is 71.5 cm³/mol. The van der Waals surface area contributed by atoms with E-state index in [1.165, 1.54) is 32.5 Å². The molecule has 2 rings (SSSR count). The van der Waals surface area contributed by atoms with Gasteiger partial charge in [0.1, 0.15) is 23.4 Å². The molecule has 0 amide bonds. The monoisotopic (exact) mass is 280 g/mol. The molecule has 1 aromatic carbocycles. The predicted octanol–water partition coefficient (Wildman–Crippen LogP) is 2.14. The van der Waals surface area contributed by atoms with Crippen molar-refractivity contribution in [1.82, 2.24) is 9.78 Å². The van der Waals surface area contributed by atoms with Gasteiger partial charge in [0, 0.05) is 18.2 Å². The van der Waals surface area contributed by atoms with Crippen LogP contribution in [0.25, 0.3) is 0 Å². The van der Waals surface area contributed by atoms with Crippen LogP contribution in [0, 0.1) is 5.82 Å². The van der Waals surface area contributed by atoms with Gasteiger partial charge in [0.2, 0.25) is 0 Å². The highest BCUT2D eigenvalue weighted by molar-refractivity contribution is 5.38. The summed E-state index contributed by atoms with van der Waals surface area (Å²) in [4.78, 5) is 0. The molecule has 0 aliphatic heterocycles. The van der Waals surface area contributed by atoms with Crippen LogP contribution in [0.3, 0.4) is 0 Å². The maximum atomic E-state index is 14.0. The molecule has 5 nitrogen and oxygen atoms in total. The van der Waals surface area contributed by atoms with Crippen molar-refractivity contribution in [2.75, 3.05) is 14.2 Å². The van der Waals surface area contributed by atoms with Crippen LogP contribution in [0.1, 0.15) is 24.3 Å². The molecule has 1 heterocycles. The van der Waals surface area contributed by atoms with Crippen molar-refractivity contribution in [2.45, 2.75) is 19.6 Å². The largest absolute Gasteiger partial charge is 0.497 e. The zero-order valence-electron chi connectivity index (χ0n) is 11.6. The van der Waals surface area contributed by atoms with Gasteiger partial charge in [-0.25, -0.2) is 4.39 Å². The van der Waals surface area contributed by atoms with Crippen molar-refractivity contribution in [2.24, 2.45) is 0 Å². The van der Waals surface area contributed by atoms with E-state index in [4.69, 9.17) is 9.47 Å². The van der Waals surface area contributed by atoms with E-state index in [9.17, 15) is 9.50 Å². The fourth-order valence-corrected chi connectivity index (χ4v) is 2.07. The highest BCUT2D eigenvalue weighted by atomic mass is 19.1. The van der Waals surface area contributed by atoms with Crippen LogP contribution in [0.2, 0.25) is 0 Å². The quantitative estimate of drug-likeness (QED) is 0.911. The van der Waals surface area contributed by atoms with E-state index < -0.39 is 11.9 Å². The third kappa shape index (κ3) is 2.46. The molecule has 0 radical (unpaired) electrons. The normalized spacial score (nSPS) is 12.2. The van der Waals surface area contributed by atoms with Gasteiger partial charge >= 0.3 is 0 Å². The van der Waals surface area contributed by atoms with Crippen molar-refractivity contribution < 1.29 is 19.0 Å². The number of aromatic nitrogens is 2. The molecule has 2 aromatic rings. The Morgan fingerprint density at radius 1 is 1.35 bits per heavy atom. The number of methoxy groups -OCH3 is 2. The summed E-state index contributed by atoms with van der Waals surface area (Å²) in [6, 6.07) is 4.32. The van der Waals surface area contributed by atoms with E-state index >= 15 is 0 Å². The van der Waals surface area contributed by atoms with Crippen molar-refractivity contribution in [3.8, 4) is 11.5 Å². The van der Waals surface area contributed by atoms with Crippen LogP contribution >= 0.6 is 0 Å². The Hall–Kier alpha value is -2.08. The molecule has 1 unspecified atom stereocenters. The lowest BCUT2D eigenvalue weighted by molar-refractivity contribution is 0.197. The van der Waals surface area contributed by atoms with Crippen LogP contribution in [-0.4, -0.2) is 29.1 Å². The minimum atomic E-state index is -1.15. The Bertz CT molecular complexity index is 577. The van der Waals surface area contributed by atoms with Crippen LogP contribution in [-0.2, 0) is 6.54 Å². The smallest absolute Gasteiger partial charge is 0.163 e.